The first-order valence-corrected chi connectivity index (χ1v) is 6.22. The van der Waals surface area contributed by atoms with Crippen molar-refractivity contribution < 1.29 is 10.0 Å². The van der Waals surface area contributed by atoms with E-state index >= 15 is 0 Å². The zero-order valence-electron chi connectivity index (χ0n) is 11.5. The van der Waals surface area contributed by atoms with Crippen LogP contribution in [0, 0.1) is 10.1 Å². The molecule has 0 aliphatic rings. The van der Waals surface area contributed by atoms with Gasteiger partial charge < -0.3 is 10.0 Å². The number of aliphatic hydroxyl groups excluding tert-OH is 1. The lowest BCUT2D eigenvalue weighted by molar-refractivity contribution is -0.384. The first kappa shape index (κ1) is 15.2. The summed E-state index contributed by atoms with van der Waals surface area (Å²) in [6.07, 6.45) is 0.992. The minimum atomic E-state index is -0.723. The van der Waals surface area contributed by atoms with Crippen LogP contribution in [0.1, 0.15) is 32.4 Å². The fourth-order valence-electron chi connectivity index (χ4n) is 1.92. The average molecular weight is 264 g/mol. The maximum Gasteiger partial charge on any atom is 0.292 e. The molecule has 19 heavy (non-hydrogen) atoms. The molecule has 0 fully saturated rings. The summed E-state index contributed by atoms with van der Waals surface area (Å²) in [5, 5.41) is 20.7. The van der Waals surface area contributed by atoms with E-state index in [0.29, 0.717) is 17.8 Å². The number of nitrogens with zero attached hydrogens (tertiary/aromatic N) is 2. The fourth-order valence-corrected chi connectivity index (χ4v) is 1.92. The molecule has 1 aromatic rings. The van der Waals surface area contributed by atoms with Gasteiger partial charge in [0.1, 0.15) is 5.69 Å². The molecule has 0 saturated carbocycles. The van der Waals surface area contributed by atoms with E-state index < -0.39 is 11.0 Å². The molecule has 0 radical (unpaired) electrons. The third-order valence-corrected chi connectivity index (χ3v) is 2.94. The molecule has 0 saturated heterocycles. The van der Waals surface area contributed by atoms with E-state index in [0.717, 1.165) is 0 Å². The summed E-state index contributed by atoms with van der Waals surface area (Å²) in [7, 11) is 0. The zero-order valence-corrected chi connectivity index (χ0v) is 11.5. The quantitative estimate of drug-likeness (QED) is 0.487. The maximum atomic E-state index is 11.2. The molecule has 0 spiro atoms. The van der Waals surface area contributed by atoms with Crippen molar-refractivity contribution in [1.82, 2.24) is 0 Å². The third-order valence-electron chi connectivity index (χ3n) is 2.94. The lowest BCUT2D eigenvalue weighted by atomic mass is 10.1. The van der Waals surface area contributed by atoms with E-state index in [2.05, 4.69) is 6.58 Å². The van der Waals surface area contributed by atoms with Crippen molar-refractivity contribution in [3.63, 3.8) is 0 Å². The highest BCUT2D eigenvalue weighted by Gasteiger charge is 2.22. The summed E-state index contributed by atoms with van der Waals surface area (Å²) in [6, 6.07) is 4.95. The minimum absolute atomic E-state index is 0.00829. The smallest absolute Gasteiger partial charge is 0.292 e. The van der Waals surface area contributed by atoms with Crippen molar-refractivity contribution >= 4 is 11.4 Å². The van der Waals surface area contributed by atoms with Crippen LogP contribution in [0.4, 0.5) is 11.4 Å². The summed E-state index contributed by atoms with van der Waals surface area (Å²) < 4.78 is 0. The molecule has 0 heterocycles. The van der Waals surface area contributed by atoms with Gasteiger partial charge in [-0.25, -0.2) is 0 Å². The average Bonchev–Trinajstić information content (AvgIpc) is 2.34. The summed E-state index contributed by atoms with van der Waals surface area (Å²) in [5.74, 6) is 0. The number of benzene rings is 1. The van der Waals surface area contributed by atoms with Crippen molar-refractivity contribution in [3.8, 4) is 0 Å². The van der Waals surface area contributed by atoms with Crippen LogP contribution in [0.3, 0.4) is 0 Å². The lowest BCUT2D eigenvalue weighted by Crippen LogP contribution is -2.31. The Bertz CT molecular complexity index is 470. The Morgan fingerprint density at radius 2 is 2.11 bits per heavy atom. The zero-order chi connectivity index (χ0) is 14.6. The Kier molecular flexibility index (Phi) is 5.06. The monoisotopic (exact) mass is 264 g/mol. The van der Waals surface area contributed by atoms with Crippen LogP contribution < -0.4 is 4.90 Å². The number of aliphatic hydroxyl groups is 1. The molecule has 5 heteroatoms. The Balaban J connectivity index is 3.32. The van der Waals surface area contributed by atoms with Crippen molar-refractivity contribution in [2.75, 3.05) is 11.4 Å². The van der Waals surface area contributed by atoms with Gasteiger partial charge in [0.25, 0.3) is 5.69 Å². The summed E-state index contributed by atoms with van der Waals surface area (Å²) in [6.45, 7) is 9.73. The molecule has 1 N–H and O–H groups in total. The van der Waals surface area contributed by atoms with Crippen LogP contribution in [-0.4, -0.2) is 22.6 Å². The van der Waals surface area contributed by atoms with Crippen molar-refractivity contribution in [3.05, 3.63) is 46.5 Å². The molecule has 1 rings (SSSR count). The van der Waals surface area contributed by atoms with Crippen LogP contribution in [0.15, 0.2) is 30.9 Å². The van der Waals surface area contributed by atoms with Gasteiger partial charge in [-0.1, -0.05) is 12.1 Å². The van der Waals surface area contributed by atoms with Crippen LogP contribution in [-0.2, 0) is 0 Å². The highest BCUT2D eigenvalue weighted by atomic mass is 16.6. The minimum Gasteiger partial charge on any atom is -0.389 e. The molecule has 104 valence electrons. The predicted molar refractivity (Wildman–Crippen MR) is 76.4 cm³/mol. The third kappa shape index (κ3) is 3.54. The highest BCUT2D eigenvalue weighted by molar-refractivity contribution is 5.65. The van der Waals surface area contributed by atoms with Crippen molar-refractivity contribution in [2.24, 2.45) is 0 Å². The molecule has 5 nitrogen and oxygen atoms in total. The van der Waals surface area contributed by atoms with Gasteiger partial charge in [-0.15, -0.1) is 6.58 Å². The highest BCUT2D eigenvalue weighted by Crippen LogP contribution is 2.32. The first-order valence-electron chi connectivity index (χ1n) is 6.22. The van der Waals surface area contributed by atoms with E-state index in [9.17, 15) is 15.2 Å². The Labute approximate surface area is 113 Å². The van der Waals surface area contributed by atoms with Gasteiger partial charge >= 0.3 is 0 Å². The maximum absolute atomic E-state index is 11.2. The second kappa shape index (κ2) is 6.33. The van der Waals surface area contributed by atoms with Crippen molar-refractivity contribution in [2.45, 2.75) is 32.9 Å². The van der Waals surface area contributed by atoms with E-state index in [1.54, 1.807) is 25.1 Å². The van der Waals surface area contributed by atoms with Gasteiger partial charge in [-0.05, 0) is 32.4 Å². The topological polar surface area (TPSA) is 66.6 Å². The van der Waals surface area contributed by atoms with Gasteiger partial charge in [0, 0.05) is 18.7 Å². The molecule has 0 aliphatic heterocycles. The molecule has 0 aliphatic carbocycles. The van der Waals surface area contributed by atoms with Crippen LogP contribution in [0.2, 0.25) is 0 Å². The van der Waals surface area contributed by atoms with Gasteiger partial charge in [-0.2, -0.15) is 0 Å². The van der Waals surface area contributed by atoms with E-state index in [1.807, 2.05) is 18.7 Å². The van der Waals surface area contributed by atoms with Crippen LogP contribution in [0.25, 0.3) is 0 Å². The molecule has 0 amide bonds. The standard InChI is InChI=1S/C14H20N2O3/c1-5-8-15(10(2)3)13-7-6-12(11(4)17)9-14(13)16(18)19/h5-7,9-11,17H,1,8H2,2-4H3/t11-/m0/s1. The Morgan fingerprint density at radius 1 is 1.47 bits per heavy atom. The summed E-state index contributed by atoms with van der Waals surface area (Å²) in [4.78, 5) is 12.7. The number of nitro groups is 1. The van der Waals surface area contributed by atoms with Gasteiger partial charge in [0.15, 0.2) is 0 Å². The Hall–Kier alpha value is -1.88. The van der Waals surface area contributed by atoms with Crippen LogP contribution in [0.5, 0.6) is 0 Å². The molecular formula is C14H20N2O3. The number of rotatable bonds is 6. The molecule has 0 unspecified atom stereocenters. The first-order chi connectivity index (χ1) is 8.88. The second-order valence-electron chi connectivity index (χ2n) is 4.72. The van der Waals surface area contributed by atoms with E-state index in [4.69, 9.17) is 0 Å². The lowest BCUT2D eigenvalue weighted by Gasteiger charge is -2.27. The molecule has 0 aromatic heterocycles. The number of hydrogen-bond acceptors (Lipinski definition) is 4. The van der Waals surface area contributed by atoms with E-state index in [-0.39, 0.29) is 11.7 Å². The fraction of sp³-hybridized carbons (Fsp3) is 0.429. The van der Waals surface area contributed by atoms with Crippen LogP contribution >= 0.6 is 0 Å². The molecular weight excluding hydrogens is 244 g/mol. The summed E-state index contributed by atoms with van der Waals surface area (Å²) in [5.41, 5.74) is 1.09. The van der Waals surface area contributed by atoms with E-state index in [1.165, 1.54) is 6.07 Å². The molecule has 1 atom stereocenters. The van der Waals surface area contributed by atoms with Gasteiger partial charge in [0.05, 0.1) is 11.0 Å². The van der Waals surface area contributed by atoms with Crippen molar-refractivity contribution in [1.29, 1.82) is 0 Å². The number of anilines is 1. The molecule has 1 aromatic carbocycles. The SMILES string of the molecule is C=CCN(c1ccc([C@H](C)O)cc1[N+](=O)[O-])C(C)C. The summed E-state index contributed by atoms with van der Waals surface area (Å²) >= 11 is 0. The van der Waals surface area contributed by atoms with Gasteiger partial charge in [0.2, 0.25) is 0 Å². The predicted octanol–water partition coefficient (Wildman–Crippen LogP) is 3.05. The number of hydrogen-bond donors (Lipinski definition) is 1. The van der Waals surface area contributed by atoms with Gasteiger partial charge in [-0.3, -0.25) is 10.1 Å². The molecule has 0 bridgehead atoms. The normalized spacial score (nSPS) is 12.3. The second-order valence-corrected chi connectivity index (χ2v) is 4.72. The number of nitro benzene ring substituents is 1. The largest absolute Gasteiger partial charge is 0.389 e. The Morgan fingerprint density at radius 3 is 2.53 bits per heavy atom.